The van der Waals surface area contributed by atoms with Gasteiger partial charge in [0.25, 0.3) is 6.47 Å². The average Bonchev–Trinajstić information content (AvgIpc) is 3.13. The van der Waals surface area contributed by atoms with Gasteiger partial charge in [-0.25, -0.2) is 4.39 Å². The Bertz CT molecular complexity index is 367. The third-order valence-corrected chi connectivity index (χ3v) is 2.41. The smallest absolute Gasteiger partial charge is 0.290 e. The number of rotatable bonds is 4. The van der Waals surface area contributed by atoms with Crippen LogP contribution >= 0.6 is 0 Å². The molecule has 0 amide bonds. The first kappa shape index (κ1) is 13.4. The van der Waals surface area contributed by atoms with Gasteiger partial charge in [0.15, 0.2) is 0 Å². The summed E-state index contributed by atoms with van der Waals surface area (Å²) in [5.74, 6) is 0.540. The van der Waals surface area contributed by atoms with E-state index >= 15 is 0 Å². The zero-order chi connectivity index (χ0) is 12.7. The minimum absolute atomic E-state index is 0.168. The molecule has 0 atom stereocenters. The lowest BCUT2D eigenvalue weighted by Crippen LogP contribution is -2.16. The summed E-state index contributed by atoms with van der Waals surface area (Å²) >= 11 is 0. The molecule has 0 radical (unpaired) electrons. The van der Waals surface area contributed by atoms with E-state index in [1.54, 1.807) is 19.2 Å². The van der Waals surface area contributed by atoms with Gasteiger partial charge in [0.2, 0.25) is 0 Å². The van der Waals surface area contributed by atoms with Crippen LogP contribution in [0.5, 0.6) is 5.75 Å². The zero-order valence-corrected chi connectivity index (χ0v) is 9.65. The Morgan fingerprint density at radius 2 is 2.24 bits per heavy atom. The maximum absolute atomic E-state index is 13.3. The van der Waals surface area contributed by atoms with Crippen molar-refractivity contribution in [1.82, 2.24) is 5.32 Å². The van der Waals surface area contributed by atoms with Crippen molar-refractivity contribution in [3.63, 3.8) is 0 Å². The minimum Gasteiger partial charge on any atom is -0.497 e. The van der Waals surface area contributed by atoms with Gasteiger partial charge < -0.3 is 15.2 Å². The van der Waals surface area contributed by atoms with Gasteiger partial charge in [-0.15, -0.1) is 0 Å². The van der Waals surface area contributed by atoms with Gasteiger partial charge in [-0.2, -0.15) is 0 Å². The van der Waals surface area contributed by atoms with E-state index in [-0.39, 0.29) is 12.3 Å². The third-order valence-electron chi connectivity index (χ3n) is 2.41. The van der Waals surface area contributed by atoms with Crippen molar-refractivity contribution in [2.75, 3.05) is 7.11 Å². The van der Waals surface area contributed by atoms with Gasteiger partial charge in [0.1, 0.15) is 11.6 Å². The minimum atomic E-state index is -0.250. The standard InChI is InChI=1S/C11H14FNO.CH2O2/c1-14-10-4-5-11(12)8(6-10)7-13-9-2-3-9;2-1-3/h4-6,9,13H,2-3,7H2,1H3;1H,(H,2,3). The molecule has 2 rings (SSSR count). The summed E-state index contributed by atoms with van der Waals surface area (Å²) in [6.07, 6.45) is 2.43. The molecule has 1 aromatic rings. The first-order chi connectivity index (χ1) is 8.21. The molecule has 94 valence electrons. The molecular formula is C12H16FNO3. The molecule has 5 heteroatoms. The number of carbonyl (C=O) groups is 1. The van der Waals surface area contributed by atoms with Crippen molar-refractivity contribution < 1.29 is 19.0 Å². The zero-order valence-electron chi connectivity index (χ0n) is 9.65. The van der Waals surface area contributed by atoms with Crippen LogP contribution in [0.3, 0.4) is 0 Å². The fourth-order valence-corrected chi connectivity index (χ4v) is 1.36. The molecule has 0 spiro atoms. The molecule has 0 unspecified atom stereocenters. The monoisotopic (exact) mass is 241 g/mol. The number of ether oxygens (including phenoxy) is 1. The highest BCUT2D eigenvalue weighted by Crippen LogP contribution is 2.21. The van der Waals surface area contributed by atoms with Crippen molar-refractivity contribution in [1.29, 1.82) is 0 Å². The normalized spacial score (nSPS) is 13.5. The molecule has 0 heterocycles. The Morgan fingerprint density at radius 1 is 1.59 bits per heavy atom. The Labute approximate surface area is 99.4 Å². The highest BCUT2D eigenvalue weighted by molar-refractivity contribution is 5.32. The maximum atomic E-state index is 13.3. The van der Waals surface area contributed by atoms with E-state index in [9.17, 15) is 4.39 Å². The summed E-state index contributed by atoms with van der Waals surface area (Å²) in [7, 11) is 1.59. The Balaban J connectivity index is 0.000000437. The number of hydrogen-bond acceptors (Lipinski definition) is 3. The Kier molecular flexibility index (Phi) is 5.42. The SMILES string of the molecule is COc1ccc(F)c(CNC2CC2)c1.O=CO. The number of halogens is 1. The maximum Gasteiger partial charge on any atom is 0.290 e. The highest BCUT2D eigenvalue weighted by Gasteiger charge is 2.20. The van der Waals surface area contributed by atoms with Gasteiger partial charge in [-0.05, 0) is 31.0 Å². The number of benzene rings is 1. The summed E-state index contributed by atoms with van der Waals surface area (Å²) in [6.45, 7) is 0.341. The van der Waals surface area contributed by atoms with Gasteiger partial charge >= 0.3 is 0 Å². The lowest BCUT2D eigenvalue weighted by Gasteiger charge is -2.06. The van der Waals surface area contributed by atoms with E-state index in [0.717, 1.165) is 0 Å². The molecular weight excluding hydrogens is 225 g/mol. The van der Waals surface area contributed by atoms with E-state index in [1.807, 2.05) is 0 Å². The van der Waals surface area contributed by atoms with Crippen molar-refractivity contribution in [2.45, 2.75) is 25.4 Å². The Hall–Kier alpha value is -1.62. The quantitative estimate of drug-likeness (QED) is 0.789. The molecule has 1 aromatic carbocycles. The van der Waals surface area contributed by atoms with E-state index in [4.69, 9.17) is 14.6 Å². The van der Waals surface area contributed by atoms with Crippen LogP contribution in [0.4, 0.5) is 4.39 Å². The highest BCUT2D eigenvalue weighted by atomic mass is 19.1. The molecule has 1 aliphatic carbocycles. The van der Waals surface area contributed by atoms with Crippen LogP contribution in [0.15, 0.2) is 18.2 Å². The van der Waals surface area contributed by atoms with Crippen LogP contribution in [0, 0.1) is 5.82 Å². The van der Waals surface area contributed by atoms with Crippen molar-refractivity contribution in [2.24, 2.45) is 0 Å². The molecule has 2 N–H and O–H groups in total. The summed E-state index contributed by atoms with van der Waals surface area (Å²) in [5, 5.41) is 10.2. The second-order valence-electron chi connectivity index (χ2n) is 3.72. The summed E-state index contributed by atoms with van der Waals surface area (Å²) < 4.78 is 18.3. The number of carboxylic acid groups (broad SMARTS) is 1. The van der Waals surface area contributed by atoms with E-state index < -0.39 is 0 Å². The van der Waals surface area contributed by atoms with E-state index in [2.05, 4.69) is 5.32 Å². The molecule has 0 aromatic heterocycles. The molecule has 17 heavy (non-hydrogen) atoms. The van der Waals surface area contributed by atoms with Crippen LogP contribution in [-0.2, 0) is 11.3 Å². The Morgan fingerprint density at radius 3 is 2.76 bits per heavy atom. The van der Waals surface area contributed by atoms with Crippen LogP contribution in [0.25, 0.3) is 0 Å². The number of hydrogen-bond donors (Lipinski definition) is 2. The largest absolute Gasteiger partial charge is 0.497 e. The fraction of sp³-hybridized carbons (Fsp3) is 0.417. The van der Waals surface area contributed by atoms with Crippen LogP contribution < -0.4 is 10.1 Å². The van der Waals surface area contributed by atoms with Crippen molar-refractivity contribution >= 4 is 6.47 Å². The van der Waals surface area contributed by atoms with Gasteiger partial charge in [-0.1, -0.05) is 0 Å². The first-order valence-electron chi connectivity index (χ1n) is 5.35. The molecule has 4 nitrogen and oxygen atoms in total. The van der Waals surface area contributed by atoms with Crippen molar-refractivity contribution in [3.8, 4) is 5.75 Å². The summed E-state index contributed by atoms with van der Waals surface area (Å²) in [5.41, 5.74) is 0.677. The van der Waals surface area contributed by atoms with Crippen LogP contribution in [0.2, 0.25) is 0 Å². The molecule has 0 aliphatic heterocycles. The fourth-order valence-electron chi connectivity index (χ4n) is 1.36. The van der Waals surface area contributed by atoms with Crippen molar-refractivity contribution in [3.05, 3.63) is 29.6 Å². The predicted molar refractivity (Wildman–Crippen MR) is 61.5 cm³/mol. The molecule has 0 saturated heterocycles. The summed E-state index contributed by atoms with van der Waals surface area (Å²) in [6, 6.07) is 5.42. The van der Waals surface area contributed by atoms with Crippen LogP contribution in [0.1, 0.15) is 18.4 Å². The summed E-state index contributed by atoms with van der Waals surface area (Å²) in [4.78, 5) is 8.36. The lowest BCUT2D eigenvalue weighted by atomic mass is 10.2. The van der Waals surface area contributed by atoms with Gasteiger partial charge in [-0.3, -0.25) is 4.79 Å². The molecule has 1 saturated carbocycles. The third kappa shape index (κ3) is 4.82. The van der Waals surface area contributed by atoms with Crippen LogP contribution in [-0.4, -0.2) is 24.7 Å². The molecule has 1 fully saturated rings. The van der Waals surface area contributed by atoms with E-state index in [0.29, 0.717) is 23.9 Å². The van der Waals surface area contributed by atoms with E-state index in [1.165, 1.54) is 18.9 Å². The first-order valence-corrected chi connectivity index (χ1v) is 5.35. The second-order valence-corrected chi connectivity index (χ2v) is 3.72. The second kappa shape index (κ2) is 6.85. The van der Waals surface area contributed by atoms with Gasteiger partial charge in [0.05, 0.1) is 7.11 Å². The number of nitrogens with one attached hydrogen (secondary N) is 1. The topological polar surface area (TPSA) is 58.6 Å². The average molecular weight is 241 g/mol. The lowest BCUT2D eigenvalue weighted by molar-refractivity contribution is -0.122. The molecule has 1 aliphatic rings. The molecule has 0 bridgehead atoms. The number of methoxy groups -OCH3 is 1. The van der Waals surface area contributed by atoms with Gasteiger partial charge in [0, 0.05) is 18.2 Å². The predicted octanol–water partition coefficient (Wildman–Crippen LogP) is 1.79.